The van der Waals surface area contributed by atoms with Crippen LogP contribution in [-0.2, 0) is 0 Å². The SMILES string of the molecule is CCOc1cc(C(=O)Nc2cc(-c3cn4cccnc4n3)ccc2C)cc(OCC)c1OCC. The van der Waals surface area contributed by atoms with E-state index in [1.807, 2.05) is 68.8 Å². The third kappa shape index (κ3) is 4.80. The predicted octanol–water partition coefficient (Wildman–Crippen LogP) is 5.15. The molecule has 1 N–H and O–H groups in total. The molecule has 0 saturated heterocycles. The summed E-state index contributed by atoms with van der Waals surface area (Å²) in [5.74, 6) is 1.79. The van der Waals surface area contributed by atoms with Gasteiger partial charge in [-0.05, 0) is 57.5 Å². The molecule has 0 bridgehead atoms. The van der Waals surface area contributed by atoms with Gasteiger partial charge in [0.2, 0.25) is 11.5 Å². The lowest BCUT2D eigenvalue weighted by Crippen LogP contribution is -2.14. The van der Waals surface area contributed by atoms with Crippen LogP contribution >= 0.6 is 0 Å². The number of aromatic nitrogens is 3. The highest BCUT2D eigenvalue weighted by Gasteiger charge is 2.19. The van der Waals surface area contributed by atoms with E-state index in [-0.39, 0.29) is 5.91 Å². The Morgan fingerprint density at radius 1 is 1.00 bits per heavy atom. The van der Waals surface area contributed by atoms with Crippen molar-refractivity contribution < 1.29 is 19.0 Å². The standard InChI is InChI=1S/C26H28N4O4/c1-5-32-22-14-19(15-23(33-6-2)24(22)34-7-3)25(31)28-20-13-18(10-9-17(20)4)21-16-30-12-8-11-27-26(30)29-21/h8-16H,5-7H2,1-4H3,(H,28,31). The zero-order valence-electron chi connectivity index (χ0n) is 19.8. The predicted molar refractivity (Wildman–Crippen MR) is 131 cm³/mol. The summed E-state index contributed by atoms with van der Waals surface area (Å²) in [6.45, 7) is 8.92. The van der Waals surface area contributed by atoms with Crippen molar-refractivity contribution in [3.63, 3.8) is 0 Å². The van der Waals surface area contributed by atoms with Gasteiger partial charge < -0.3 is 19.5 Å². The number of aryl methyl sites for hydroxylation is 1. The smallest absolute Gasteiger partial charge is 0.255 e. The lowest BCUT2D eigenvalue weighted by Gasteiger charge is -2.17. The molecule has 2 aromatic heterocycles. The van der Waals surface area contributed by atoms with E-state index in [4.69, 9.17) is 14.2 Å². The zero-order chi connectivity index (χ0) is 24.1. The Morgan fingerprint density at radius 3 is 2.35 bits per heavy atom. The fourth-order valence-electron chi connectivity index (χ4n) is 3.60. The summed E-state index contributed by atoms with van der Waals surface area (Å²) in [6, 6.07) is 11.1. The van der Waals surface area contributed by atoms with Crippen LogP contribution in [0.1, 0.15) is 36.7 Å². The minimum absolute atomic E-state index is 0.276. The molecule has 8 nitrogen and oxygen atoms in total. The molecule has 4 aromatic rings. The number of benzene rings is 2. The molecule has 0 aliphatic rings. The van der Waals surface area contributed by atoms with Gasteiger partial charge in [0.25, 0.3) is 5.91 Å². The third-order valence-corrected chi connectivity index (χ3v) is 5.19. The van der Waals surface area contributed by atoms with Crippen molar-refractivity contribution in [2.24, 2.45) is 0 Å². The van der Waals surface area contributed by atoms with Crippen LogP contribution in [0, 0.1) is 6.92 Å². The minimum atomic E-state index is -0.276. The Bertz CT molecular complexity index is 1260. The van der Waals surface area contributed by atoms with E-state index in [1.54, 1.807) is 18.3 Å². The molecule has 0 spiro atoms. The molecule has 0 unspecified atom stereocenters. The van der Waals surface area contributed by atoms with E-state index in [9.17, 15) is 4.79 Å². The first-order chi connectivity index (χ1) is 16.5. The number of carbonyl (C=O) groups is 1. The molecule has 2 aromatic carbocycles. The van der Waals surface area contributed by atoms with Crippen LogP contribution in [0.25, 0.3) is 17.0 Å². The number of hydrogen-bond acceptors (Lipinski definition) is 6. The van der Waals surface area contributed by atoms with E-state index < -0.39 is 0 Å². The lowest BCUT2D eigenvalue weighted by molar-refractivity contribution is 0.102. The molecule has 0 aliphatic carbocycles. The number of anilines is 1. The van der Waals surface area contributed by atoms with Gasteiger partial charge in [-0.1, -0.05) is 12.1 Å². The number of fused-ring (bicyclic) bond motifs is 1. The van der Waals surface area contributed by atoms with Gasteiger partial charge in [0.1, 0.15) is 0 Å². The molecular weight excluding hydrogens is 432 g/mol. The van der Waals surface area contributed by atoms with Crippen molar-refractivity contribution in [3.05, 3.63) is 66.1 Å². The molecule has 2 heterocycles. The van der Waals surface area contributed by atoms with Gasteiger partial charge in [0.05, 0.1) is 25.5 Å². The van der Waals surface area contributed by atoms with Gasteiger partial charge >= 0.3 is 0 Å². The van der Waals surface area contributed by atoms with E-state index >= 15 is 0 Å². The Balaban J connectivity index is 1.66. The number of hydrogen-bond donors (Lipinski definition) is 1. The van der Waals surface area contributed by atoms with Crippen LogP contribution in [-0.4, -0.2) is 40.1 Å². The largest absolute Gasteiger partial charge is 0.490 e. The van der Waals surface area contributed by atoms with E-state index in [0.717, 1.165) is 16.8 Å². The molecule has 8 heteroatoms. The first kappa shape index (κ1) is 23.1. The number of rotatable bonds is 9. The Kier molecular flexibility index (Phi) is 6.96. The van der Waals surface area contributed by atoms with Crippen molar-refractivity contribution in [1.82, 2.24) is 14.4 Å². The van der Waals surface area contributed by atoms with Gasteiger partial charge in [-0.15, -0.1) is 0 Å². The molecule has 176 valence electrons. The minimum Gasteiger partial charge on any atom is -0.490 e. The summed E-state index contributed by atoms with van der Waals surface area (Å²) in [4.78, 5) is 22.1. The highest BCUT2D eigenvalue weighted by atomic mass is 16.5. The van der Waals surface area contributed by atoms with Crippen molar-refractivity contribution >= 4 is 17.4 Å². The fourth-order valence-corrected chi connectivity index (χ4v) is 3.60. The monoisotopic (exact) mass is 460 g/mol. The normalized spacial score (nSPS) is 10.8. The van der Waals surface area contributed by atoms with Crippen molar-refractivity contribution in [3.8, 4) is 28.5 Å². The van der Waals surface area contributed by atoms with Crippen LogP contribution in [0.3, 0.4) is 0 Å². The second-order valence-electron chi connectivity index (χ2n) is 7.54. The summed E-state index contributed by atoms with van der Waals surface area (Å²) in [5.41, 5.74) is 3.69. The Labute approximate surface area is 198 Å². The van der Waals surface area contributed by atoms with Crippen LogP contribution in [0.4, 0.5) is 5.69 Å². The molecule has 4 rings (SSSR count). The van der Waals surface area contributed by atoms with Crippen LogP contribution in [0.5, 0.6) is 17.2 Å². The maximum Gasteiger partial charge on any atom is 0.255 e. The molecule has 0 fully saturated rings. The maximum absolute atomic E-state index is 13.2. The van der Waals surface area contributed by atoms with Crippen molar-refractivity contribution in [2.45, 2.75) is 27.7 Å². The van der Waals surface area contributed by atoms with Gasteiger partial charge in [0, 0.05) is 35.4 Å². The van der Waals surface area contributed by atoms with Crippen LogP contribution in [0.2, 0.25) is 0 Å². The molecule has 1 amide bonds. The molecule has 0 aliphatic heterocycles. The molecular formula is C26H28N4O4. The number of carbonyl (C=O) groups excluding carboxylic acids is 1. The highest BCUT2D eigenvalue weighted by Crippen LogP contribution is 2.39. The highest BCUT2D eigenvalue weighted by molar-refractivity contribution is 6.05. The van der Waals surface area contributed by atoms with E-state index in [1.165, 1.54) is 0 Å². The third-order valence-electron chi connectivity index (χ3n) is 5.19. The Hall–Kier alpha value is -4.07. The van der Waals surface area contributed by atoms with Crippen molar-refractivity contribution in [2.75, 3.05) is 25.1 Å². The second kappa shape index (κ2) is 10.2. The number of ether oxygens (including phenoxy) is 3. The quantitative estimate of drug-likeness (QED) is 0.372. The summed E-state index contributed by atoms with van der Waals surface area (Å²) >= 11 is 0. The molecule has 0 saturated carbocycles. The van der Waals surface area contributed by atoms with E-state index in [2.05, 4.69) is 15.3 Å². The van der Waals surface area contributed by atoms with Gasteiger partial charge in [-0.2, -0.15) is 0 Å². The summed E-state index contributed by atoms with van der Waals surface area (Å²) < 4.78 is 19.1. The summed E-state index contributed by atoms with van der Waals surface area (Å²) in [5, 5.41) is 3.02. The average molecular weight is 461 g/mol. The second-order valence-corrected chi connectivity index (χ2v) is 7.54. The first-order valence-corrected chi connectivity index (χ1v) is 11.3. The number of nitrogens with one attached hydrogen (secondary N) is 1. The van der Waals surface area contributed by atoms with Gasteiger partial charge in [-0.25, -0.2) is 9.97 Å². The molecule has 34 heavy (non-hydrogen) atoms. The lowest BCUT2D eigenvalue weighted by atomic mass is 10.1. The average Bonchev–Trinajstić information content (AvgIpc) is 3.27. The maximum atomic E-state index is 13.2. The van der Waals surface area contributed by atoms with Crippen LogP contribution in [0.15, 0.2) is 55.0 Å². The Morgan fingerprint density at radius 2 is 1.71 bits per heavy atom. The van der Waals surface area contributed by atoms with E-state index in [0.29, 0.717) is 54.1 Å². The fraction of sp³-hybridized carbons (Fsp3) is 0.269. The first-order valence-electron chi connectivity index (χ1n) is 11.3. The summed E-state index contributed by atoms with van der Waals surface area (Å²) in [7, 11) is 0. The summed E-state index contributed by atoms with van der Waals surface area (Å²) in [6.07, 6.45) is 5.51. The number of amides is 1. The van der Waals surface area contributed by atoms with Gasteiger partial charge in [0.15, 0.2) is 11.5 Å². The number of nitrogens with zero attached hydrogens (tertiary/aromatic N) is 3. The zero-order valence-corrected chi connectivity index (χ0v) is 19.8. The number of imidazole rings is 1. The van der Waals surface area contributed by atoms with Crippen molar-refractivity contribution in [1.29, 1.82) is 0 Å². The van der Waals surface area contributed by atoms with Gasteiger partial charge in [-0.3, -0.25) is 9.20 Å². The topological polar surface area (TPSA) is 87.0 Å². The molecule has 0 atom stereocenters. The van der Waals surface area contributed by atoms with Crippen LogP contribution < -0.4 is 19.5 Å². The molecule has 0 radical (unpaired) electrons.